The van der Waals surface area contributed by atoms with Gasteiger partial charge in [-0.25, -0.2) is 9.50 Å². The van der Waals surface area contributed by atoms with Gasteiger partial charge in [-0.1, -0.05) is 6.92 Å². The number of rotatable bonds is 2. The Balaban J connectivity index is 2.22. The van der Waals surface area contributed by atoms with Crippen molar-refractivity contribution in [1.82, 2.24) is 14.6 Å². The molecule has 0 saturated carbocycles. The molecule has 1 unspecified atom stereocenters. The number of hydrogen-bond acceptors (Lipinski definition) is 3. The molecule has 110 valence electrons. The maximum absolute atomic E-state index is 4.68. The summed E-state index contributed by atoms with van der Waals surface area (Å²) >= 11 is 0. The molecule has 0 radical (unpaired) electrons. The van der Waals surface area contributed by atoms with E-state index in [9.17, 15) is 0 Å². The Kier molecular flexibility index (Phi) is 3.25. The van der Waals surface area contributed by atoms with Gasteiger partial charge in [0.15, 0.2) is 13.7 Å². The lowest BCUT2D eigenvalue weighted by molar-refractivity contribution is 0.925. The van der Waals surface area contributed by atoms with Crippen molar-refractivity contribution in [2.45, 2.75) is 6.92 Å². The minimum Gasteiger partial charge on any atom is -0.279 e. The van der Waals surface area contributed by atoms with Crippen LogP contribution < -0.4 is 9.30 Å². The lowest BCUT2D eigenvalue weighted by Crippen LogP contribution is -2.27. The van der Waals surface area contributed by atoms with Gasteiger partial charge in [0.2, 0.25) is 0 Å². The van der Waals surface area contributed by atoms with E-state index in [4.69, 9.17) is 0 Å². The maximum Gasteiger partial charge on any atom is 0.173 e. The first kappa shape index (κ1) is 14.1. The van der Waals surface area contributed by atoms with Crippen molar-refractivity contribution in [3.05, 3.63) is 18.5 Å². The smallest absolute Gasteiger partial charge is 0.173 e. The second kappa shape index (κ2) is 4.60. The molecule has 2 aromatic heterocycles. The van der Waals surface area contributed by atoms with Crippen LogP contribution in [0.25, 0.3) is 5.52 Å². The second-order valence-electron chi connectivity index (χ2n) is 6.01. The van der Waals surface area contributed by atoms with E-state index in [0.29, 0.717) is 0 Å². The average molecular weight is 310 g/mol. The van der Waals surface area contributed by atoms with Crippen LogP contribution in [0.3, 0.4) is 0 Å². The third kappa shape index (κ3) is 1.94. The highest BCUT2D eigenvalue weighted by Gasteiger charge is 2.42. The molecule has 1 atom stereocenters. The molecule has 1 aliphatic heterocycles. The number of aromatic nitrogens is 3. The molecule has 0 aliphatic carbocycles. The van der Waals surface area contributed by atoms with Crippen LogP contribution in [-0.2, 0) is 0 Å². The van der Waals surface area contributed by atoms with E-state index in [0.717, 1.165) is 11.3 Å². The van der Waals surface area contributed by atoms with Gasteiger partial charge < -0.3 is 0 Å². The van der Waals surface area contributed by atoms with Gasteiger partial charge in [0, 0.05) is 11.5 Å². The Morgan fingerprint density at radius 1 is 1.25 bits per heavy atom. The third-order valence-electron chi connectivity index (χ3n) is 4.29. The quantitative estimate of drug-likeness (QED) is 0.781. The molecule has 1 aliphatic rings. The highest BCUT2D eigenvalue weighted by molar-refractivity contribution is 8.52. The number of fused-ring (bicyclic) bond motifs is 1. The van der Waals surface area contributed by atoms with Crippen LogP contribution in [-0.4, -0.2) is 58.5 Å². The molecule has 2 aromatic rings. The zero-order valence-corrected chi connectivity index (χ0v) is 14.6. The van der Waals surface area contributed by atoms with Crippen molar-refractivity contribution in [3.8, 4) is 0 Å². The molecule has 4 nitrogen and oxygen atoms in total. The van der Waals surface area contributed by atoms with Crippen LogP contribution in [0.15, 0.2) is 18.5 Å². The normalized spacial score (nSPS) is 30.3. The van der Waals surface area contributed by atoms with Gasteiger partial charge in [0.25, 0.3) is 0 Å². The molecule has 0 bridgehead atoms. The van der Waals surface area contributed by atoms with Gasteiger partial charge in [-0.15, -0.1) is 0 Å². The lowest BCUT2D eigenvalue weighted by atomic mass is 10.1. The number of hydrogen-bond donors (Lipinski definition) is 0. The Labute approximate surface area is 125 Å². The zero-order chi connectivity index (χ0) is 14.5. The number of anilines is 1. The van der Waals surface area contributed by atoms with E-state index in [1.54, 1.807) is 6.33 Å². The van der Waals surface area contributed by atoms with E-state index >= 15 is 0 Å². The molecule has 7 heteroatoms. The second-order valence-corrected chi connectivity index (χ2v) is 13.8. The average Bonchev–Trinajstić information content (AvgIpc) is 2.90. The van der Waals surface area contributed by atoms with Gasteiger partial charge in [-0.3, -0.25) is 3.71 Å². The topological polar surface area (TPSA) is 33.4 Å². The SMILES string of the molecule is Bc1ccc2c(N3S(C)(C)CCS3(C)CC)ncnn12. The minimum atomic E-state index is -0.775. The minimum absolute atomic E-state index is 0.759. The Bertz CT molecular complexity index is 657. The lowest BCUT2D eigenvalue weighted by Gasteiger charge is -2.48. The fourth-order valence-electron chi connectivity index (χ4n) is 2.93. The summed E-state index contributed by atoms with van der Waals surface area (Å²) in [5, 5.41) is 4.39. The fraction of sp³-hybridized carbons (Fsp3) is 0.538. The summed E-state index contributed by atoms with van der Waals surface area (Å²) in [6.45, 7) is 2.32. The predicted molar refractivity (Wildman–Crippen MR) is 96.9 cm³/mol. The Morgan fingerprint density at radius 3 is 2.70 bits per heavy atom. The molecule has 0 N–H and O–H groups in total. The molecular formula is C13H23BN4S2. The first-order valence-electron chi connectivity index (χ1n) is 6.93. The highest BCUT2D eigenvalue weighted by atomic mass is 32.3. The molecule has 1 saturated heterocycles. The van der Waals surface area contributed by atoms with Crippen molar-refractivity contribution >= 4 is 45.2 Å². The Morgan fingerprint density at radius 2 is 2.00 bits per heavy atom. The van der Waals surface area contributed by atoms with Crippen LogP contribution in [0.2, 0.25) is 0 Å². The van der Waals surface area contributed by atoms with E-state index in [2.05, 4.69) is 59.5 Å². The van der Waals surface area contributed by atoms with Gasteiger partial charge in [-0.05, 0) is 42.2 Å². The van der Waals surface area contributed by atoms with Crippen molar-refractivity contribution in [2.24, 2.45) is 0 Å². The van der Waals surface area contributed by atoms with Crippen molar-refractivity contribution in [2.75, 3.05) is 39.7 Å². The van der Waals surface area contributed by atoms with Gasteiger partial charge in [0.05, 0.1) is 0 Å². The van der Waals surface area contributed by atoms with E-state index < -0.39 is 20.4 Å². The highest BCUT2D eigenvalue weighted by Crippen LogP contribution is 2.70. The van der Waals surface area contributed by atoms with Crippen LogP contribution in [0.5, 0.6) is 0 Å². The first-order chi connectivity index (χ1) is 9.39. The first-order valence-corrected chi connectivity index (χ1v) is 11.8. The van der Waals surface area contributed by atoms with E-state index in [1.807, 2.05) is 4.52 Å². The van der Waals surface area contributed by atoms with Crippen LogP contribution in [0, 0.1) is 0 Å². The van der Waals surface area contributed by atoms with Gasteiger partial charge in [0.1, 0.15) is 11.8 Å². The summed E-state index contributed by atoms with van der Waals surface area (Å²) in [4.78, 5) is 4.68. The van der Waals surface area contributed by atoms with Gasteiger partial charge in [-0.2, -0.15) is 25.5 Å². The number of nitrogens with zero attached hydrogens (tertiary/aromatic N) is 4. The molecule has 0 spiro atoms. The predicted octanol–water partition coefficient (Wildman–Crippen LogP) is 1.16. The molecular weight excluding hydrogens is 287 g/mol. The van der Waals surface area contributed by atoms with Crippen LogP contribution in [0.4, 0.5) is 5.82 Å². The van der Waals surface area contributed by atoms with Crippen LogP contribution >= 0.6 is 20.4 Å². The summed E-state index contributed by atoms with van der Waals surface area (Å²) < 4.78 is 4.71. The van der Waals surface area contributed by atoms with Crippen LogP contribution in [0.1, 0.15) is 6.92 Å². The summed E-state index contributed by atoms with van der Waals surface area (Å²) in [5.74, 6) is 5.04. The molecule has 0 amide bonds. The zero-order valence-electron chi connectivity index (χ0n) is 13.0. The summed E-state index contributed by atoms with van der Waals surface area (Å²) in [5.41, 5.74) is 2.32. The van der Waals surface area contributed by atoms with Gasteiger partial charge >= 0.3 is 0 Å². The van der Waals surface area contributed by atoms with E-state index in [1.165, 1.54) is 22.9 Å². The molecule has 20 heavy (non-hydrogen) atoms. The monoisotopic (exact) mass is 310 g/mol. The Hall–Kier alpha value is -0.815. The van der Waals surface area contributed by atoms with Crippen molar-refractivity contribution in [1.29, 1.82) is 0 Å². The van der Waals surface area contributed by atoms with Crippen molar-refractivity contribution in [3.63, 3.8) is 0 Å². The maximum atomic E-state index is 4.68. The third-order valence-corrected chi connectivity index (χ3v) is 12.4. The summed E-state index contributed by atoms with van der Waals surface area (Å²) in [6, 6.07) is 4.29. The van der Waals surface area contributed by atoms with E-state index in [-0.39, 0.29) is 0 Å². The fourth-order valence-corrected chi connectivity index (χ4v) is 12.7. The summed E-state index contributed by atoms with van der Waals surface area (Å²) in [7, 11) is 0.561. The molecule has 3 heterocycles. The van der Waals surface area contributed by atoms with Crippen molar-refractivity contribution < 1.29 is 0 Å². The summed E-state index contributed by atoms with van der Waals surface area (Å²) in [6.07, 6.45) is 9.02. The molecule has 1 fully saturated rings. The standard InChI is InChI=1S/C13H23BN4S2/c1-5-20(4)9-8-19(2,3)18(20)13-11-6-7-12(14)17(11)16-10-15-13/h6-7,10H,5,8-9,14H2,1-4H3. The molecule has 3 rings (SSSR count). The molecule has 0 aromatic carbocycles. The largest absolute Gasteiger partial charge is 0.279 e.